The Labute approximate surface area is 127 Å². The molecule has 3 nitrogen and oxygen atoms in total. The maximum atomic E-state index is 6.13. The number of ether oxygens (including phenoxy) is 3. The third-order valence-corrected chi connectivity index (χ3v) is 3.40. The van der Waals surface area contributed by atoms with Crippen molar-refractivity contribution in [3.8, 4) is 0 Å². The van der Waals surface area contributed by atoms with Crippen LogP contribution in [0.4, 0.5) is 0 Å². The summed E-state index contributed by atoms with van der Waals surface area (Å²) in [5.41, 5.74) is 2.40. The summed E-state index contributed by atoms with van der Waals surface area (Å²) >= 11 is 0. The van der Waals surface area contributed by atoms with Crippen LogP contribution in [0.2, 0.25) is 0 Å². The lowest BCUT2D eigenvalue weighted by Gasteiger charge is -2.32. The minimum absolute atomic E-state index is 0.0327. The Morgan fingerprint density at radius 2 is 1.95 bits per heavy atom. The van der Waals surface area contributed by atoms with Crippen molar-refractivity contribution in [1.29, 1.82) is 0 Å². The summed E-state index contributed by atoms with van der Waals surface area (Å²) in [5, 5.41) is 0. The highest BCUT2D eigenvalue weighted by Crippen LogP contribution is 2.27. The molecular formula is C18H24O3. The van der Waals surface area contributed by atoms with Crippen LogP contribution in [0.3, 0.4) is 0 Å². The van der Waals surface area contributed by atoms with E-state index in [1.54, 1.807) is 7.11 Å². The summed E-state index contributed by atoms with van der Waals surface area (Å²) in [5.74, 6) is 0. The first kappa shape index (κ1) is 16.0. The number of hydrogen-bond acceptors (Lipinski definition) is 3. The minimum Gasteiger partial charge on any atom is -0.382 e. The molecule has 0 saturated carbocycles. The first-order chi connectivity index (χ1) is 10.2. The zero-order chi connectivity index (χ0) is 15.1. The molecule has 3 atom stereocenters. The van der Waals surface area contributed by atoms with Crippen LogP contribution in [0.15, 0.2) is 54.1 Å². The standard InChI is InChI=1S/C18H24O3/c1-14(2)11-12-20-17-10-9-16(21-18(17)13-19-3)15-7-5-4-6-8-15/h4-11,16-18H,12-13H2,1-3H3/t16-,17+,18+/m0/s1. The molecule has 1 aliphatic heterocycles. The highest BCUT2D eigenvalue weighted by atomic mass is 16.6. The van der Waals surface area contributed by atoms with E-state index in [-0.39, 0.29) is 18.3 Å². The molecule has 0 aromatic heterocycles. The molecule has 0 aliphatic carbocycles. The van der Waals surface area contributed by atoms with Crippen LogP contribution < -0.4 is 0 Å². The fourth-order valence-electron chi connectivity index (χ4n) is 2.27. The number of methoxy groups -OCH3 is 1. The van der Waals surface area contributed by atoms with E-state index in [2.05, 4.69) is 44.2 Å². The molecule has 1 aromatic rings. The second-order valence-corrected chi connectivity index (χ2v) is 5.43. The maximum absolute atomic E-state index is 6.13. The molecule has 0 amide bonds. The van der Waals surface area contributed by atoms with Crippen LogP contribution in [0, 0.1) is 0 Å². The van der Waals surface area contributed by atoms with Crippen molar-refractivity contribution >= 4 is 0 Å². The van der Waals surface area contributed by atoms with Crippen molar-refractivity contribution < 1.29 is 14.2 Å². The third kappa shape index (κ3) is 4.81. The molecule has 2 rings (SSSR count). The molecule has 0 N–H and O–H groups in total. The fraction of sp³-hybridized carbons (Fsp3) is 0.444. The summed E-state index contributed by atoms with van der Waals surface area (Å²) in [4.78, 5) is 0. The summed E-state index contributed by atoms with van der Waals surface area (Å²) in [6.45, 7) is 5.24. The van der Waals surface area contributed by atoms with Gasteiger partial charge in [-0.05, 0) is 19.4 Å². The van der Waals surface area contributed by atoms with Crippen LogP contribution in [-0.2, 0) is 14.2 Å². The van der Waals surface area contributed by atoms with Gasteiger partial charge in [0.25, 0.3) is 0 Å². The van der Waals surface area contributed by atoms with Gasteiger partial charge in [0, 0.05) is 7.11 Å². The van der Waals surface area contributed by atoms with Crippen molar-refractivity contribution in [1.82, 2.24) is 0 Å². The van der Waals surface area contributed by atoms with E-state index < -0.39 is 0 Å². The molecule has 1 heterocycles. The number of rotatable bonds is 6. The van der Waals surface area contributed by atoms with E-state index in [9.17, 15) is 0 Å². The van der Waals surface area contributed by atoms with E-state index in [4.69, 9.17) is 14.2 Å². The zero-order valence-corrected chi connectivity index (χ0v) is 13.0. The van der Waals surface area contributed by atoms with E-state index in [0.717, 1.165) is 5.56 Å². The molecular weight excluding hydrogens is 264 g/mol. The second kappa shape index (κ2) is 8.13. The van der Waals surface area contributed by atoms with Crippen molar-refractivity contribution in [3.63, 3.8) is 0 Å². The summed E-state index contributed by atoms with van der Waals surface area (Å²) in [7, 11) is 1.69. The molecule has 0 bridgehead atoms. The Morgan fingerprint density at radius 3 is 2.62 bits per heavy atom. The zero-order valence-electron chi connectivity index (χ0n) is 13.0. The quantitative estimate of drug-likeness (QED) is 0.747. The summed E-state index contributed by atoms with van der Waals surface area (Å²) in [6, 6.07) is 10.2. The molecule has 21 heavy (non-hydrogen) atoms. The molecule has 114 valence electrons. The predicted octanol–water partition coefficient (Wildman–Crippen LogP) is 3.68. The van der Waals surface area contributed by atoms with Crippen molar-refractivity contribution in [2.45, 2.75) is 32.2 Å². The van der Waals surface area contributed by atoms with Crippen LogP contribution in [0.1, 0.15) is 25.5 Å². The van der Waals surface area contributed by atoms with Gasteiger partial charge >= 0.3 is 0 Å². The lowest BCUT2D eigenvalue weighted by atomic mass is 10.0. The molecule has 0 saturated heterocycles. The maximum Gasteiger partial charge on any atom is 0.112 e. The highest BCUT2D eigenvalue weighted by molar-refractivity contribution is 5.23. The largest absolute Gasteiger partial charge is 0.382 e. The lowest BCUT2D eigenvalue weighted by Crippen LogP contribution is -2.37. The van der Waals surface area contributed by atoms with Gasteiger partial charge < -0.3 is 14.2 Å². The van der Waals surface area contributed by atoms with Gasteiger partial charge in [-0.25, -0.2) is 0 Å². The van der Waals surface area contributed by atoms with Gasteiger partial charge in [0.05, 0.1) is 13.2 Å². The lowest BCUT2D eigenvalue weighted by molar-refractivity contribution is -0.104. The third-order valence-electron chi connectivity index (χ3n) is 3.40. The van der Waals surface area contributed by atoms with Crippen molar-refractivity contribution in [3.05, 3.63) is 59.7 Å². The molecule has 0 radical (unpaired) electrons. The second-order valence-electron chi connectivity index (χ2n) is 5.43. The van der Waals surface area contributed by atoms with Crippen LogP contribution >= 0.6 is 0 Å². The monoisotopic (exact) mass is 288 g/mol. The van der Waals surface area contributed by atoms with E-state index in [0.29, 0.717) is 13.2 Å². The van der Waals surface area contributed by atoms with Gasteiger partial charge in [-0.1, -0.05) is 54.1 Å². The van der Waals surface area contributed by atoms with Gasteiger partial charge in [0.2, 0.25) is 0 Å². The van der Waals surface area contributed by atoms with Crippen LogP contribution in [0.25, 0.3) is 0 Å². The van der Waals surface area contributed by atoms with Gasteiger partial charge in [-0.15, -0.1) is 0 Å². The number of hydrogen-bond donors (Lipinski definition) is 0. The smallest absolute Gasteiger partial charge is 0.112 e. The minimum atomic E-state index is -0.0873. The molecule has 1 aliphatic rings. The predicted molar refractivity (Wildman–Crippen MR) is 84.2 cm³/mol. The molecule has 1 aromatic carbocycles. The van der Waals surface area contributed by atoms with Crippen molar-refractivity contribution in [2.75, 3.05) is 20.3 Å². The normalized spacial score (nSPS) is 24.8. The Morgan fingerprint density at radius 1 is 1.19 bits per heavy atom. The average Bonchev–Trinajstić information content (AvgIpc) is 2.49. The SMILES string of the molecule is COC[C@H]1O[C@H](c2ccccc2)C=C[C@H]1OCC=C(C)C. The molecule has 0 spiro atoms. The Hall–Kier alpha value is -1.42. The fourth-order valence-corrected chi connectivity index (χ4v) is 2.27. The molecule has 3 heteroatoms. The first-order valence-electron chi connectivity index (χ1n) is 7.33. The summed E-state index contributed by atoms with van der Waals surface area (Å²) in [6.07, 6.45) is 6.03. The Bertz CT molecular complexity index is 474. The van der Waals surface area contributed by atoms with Gasteiger partial charge in [-0.2, -0.15) is 0 Å². The number of allylic oxidation sites excluding steroid dienone is 1. The topological polar surface area (TPSA) is 27.7 Å². The molecule has 0 unspecified atom stereocenters. The van der Waals surface area contributed by atoms with Crippen LogP contribution in [0.5, 0.6) is 0 Å². The highest BCUT2D eigenvalue weighted by Gasteiger charge is 2.28. The van der Waals surface area contributed by atoms with Gasteiger partial charge in [-0.3, -0.25) is 0 Å². The first-order valence-corrected chi connectivity index (χ1v) is 7.33. The number of benzene rings is 1. The van der Waals surface area contributed by atoms with Gasteiger partial charge in [0.1, 0.15) is 18.3 Å². The van der Waals surface area contributed by atoms with Crippen molar-refractivity contribution in [2.24, 2.45) is 0 Å². The molecule has 0 fully saturated rings. The van der Waals surface area contributed by atoms with E-state index in [1.165, 1.54) is 5.57 Å². The summed E-state index contributed by atoms with van der Waals surface area (Å²) < 4.78 is 17.3. The van der Waals surface area contributed by atoms with E-state index in [1.807, 2.05) is 18.2 Å². The average molecular weight is 288 g/mol. The Kier molecular flexibility index (Phi) is 6.18. The van der Waals surface area contributed by atoms with Gasteiger partial charge in [0.15, 0.2) is 0 Å². The van der Waals surface area contributed by atoms with Crippen LogP contribution in [-0.4, -0.2) is 32.5 Å². The Balaban J connectivity index is 2.03. The van der Waals surface area contributed by atoms with E-state index >= 15 is 0 Å².